The van der Waals surface area contributed by atoms with E-state index in [1.54, 1.807) is 0 Å². The van der Waals surface area contributed by atoms with Crippen LogP contribution >= 0.6 is 0 Å². The van der Waals surface area contributed by atoms with Crippen molar-refractivity contribution < 1.29 is 24.9 Å². The summed E-state index contributed by atoms with van der Waals surface area (Å²) < 4.78 is 0. The molecule has 0 fully saturated rings. The van der Waals surface area contributed by atoms with Crippen molar-refractivity contribution in [2.45, 2.75) is 64.7 Å². The van der Waals surface area contributed by atoms with Gasteiger partial charge in [0.2, 0.25) is 0 Å². The molecule has 0 unspecified atom stereocenters. The first kappa shape index (κ1) is 19.0. The highest BCUT2D eigenvalue weighted by Crippen LogP contribution is 2.32. The Labute approximate surface area is 137 Å². The molecule has 1 aromatic rings. The number of aromatic hydroxyl groups is 3. The first-order valence-corrected chi connectivity index (χ1v) is 8.25. The summed E-state index contributed by atoms with van der Waals surface area (Å²) in [5.74, 6) is -2.21. The van der Waals surface area contributed by atoms with Crippen LogP contribution in [0.2, 0.25) is 0 Å². The normalized spacial score (nSPS) is 10.7. The summed E-state index contributed by atoms with van der Waals surface area (Å²) >= 11 is 0. The van der Waals surface area contributed by atoms with Crippen molar-refractivity contribution in [2.24, 2.45) is 0 Å². The van der Waals surface area contributed by atoms with E-state index in [4.69, 9.17) is 0 Å². The minimum atomic E-state index is -0.632. The second kappa shape index (κ2) is 9.87. The van der Waals surface area contributed by atoms with Gasteiger partial charge in [0.25, 0.3) is 0 Å². The predicted molar refractivity (Wildman–Crippen MR) is 88.0 cm³/mol. The Morgan fingerprint density at radius 3 is 1.96 bits per heavy atom. The summed E-state index contributed by atoms with van der Waals surface area (Å²) in [5.41, 5.74) is -0.310. The molecule has 0 saturated carbocycles. The predicted octanol–water partition coefficient (Wildman–Crippen LogP) is 4.09. The first-order chi connectivity index (χ1) is 11.0. The highest BCUT2D eigenvalue weighted by atomic mass is 16.3. The molecule has 23 heavy (non-hydrogen) atoms. The Kier molecular flexibility index (Phi) is 8.16. The Morgan fingerprint density at radius 1 is 0.870 bits per heavy atom. The largest absolute Gasteiger partial charge is 0.508 e. The minimum absolute atomic E-state index is 0.199. The van der Waals surface area contributed by atoms with E-state index < -0.39 is 17.3 Å². The topological polar surface area (TPSA) is 94.8 Å². The summed E-state index contributed by atoms with van der Waals surface area (Å²) in [6.07, 6.45) is 7.66. The number of carbonyl (C=O) groups excluding carboxylic acids is 2. The lowest BCUT2D eigenvalue weighted by molar-refractivity contribution is -0.118. The van der Waals surface area contributed by atoms with E-state index in [0.29, 0.717) is 6.42 Å². The molecule has 0 aliphatic carbocycles. The molecule has 0 saturated heterocycles. The van der Waals surface area contributed by atoms with Crippen LogP contribution in [0.5, 0.6) is 17.2 Å². The van der Waals surface area contributed by atoms with Gasteiger partial charge >= 0.3 is 0 Å². The summed E-state index contributed by atoms with van der Waals surface area (Å²) in [6, 6.07) is 1.93. The Morgan fingerprint density at radius 2 is 1.39 bits per heavy atom. The van der Waals surface area contributed by atoms with Crippen LogP contribution in [0.15, 0.2) is 12.1 Å². The molecule has 0 atom stereocenters. The first-order valence-electron chi connectivity index (χ1n) is 8.25. The SMILES string of the molecule is CCCCCCCCCC(=O)CC(=O)c1c(O)cc(O)cc1O. The Balaban J connectivity index is 2.36. The van der Waals surface area contributed by atoms with Crippen molar-refractivity contribution >= 4 is 11.6 Å². The monoisotopic (exact) mass is 322 g/mol. The minimum Gasteiger partial charge on any atom is -0.508 e. The molecule has 0 bridgehead atoms. The molecule has 0 aliphatic heterocycles. The van der Waals surface area contributed by atoms with Gasteiger partial charge in [-0.05, 0) is 6.42 Å². The molecule has 0 amide bonds. The second-order valence-corrected chi connectivity index (χ2v) is 5.87. The van der Waals surface area contributed by atoms with Gasteiger partial charge in [-0.25, -0.2) is 0 Å². The van der Waals surface area contributed by atoms with E-state index in [2.05, 4.69) is 6.92 Å². The lowest BCUT2D eigenvalue weighted by Crippen LogP contribution is -2.08. The standard InChI is InChI=1S/C18H26O5/c1-2-3-4-5-6-7-8-9-13(19)10-15(21)18-16(22)11-14(20)12-17(18)23/h11-12,20,22-23H,2-10H2,1H3. The van der Waals surface area contributed by atoms with E-state index >= 15 is 0 Å². The van der Waals surface area contributed by atoms with Gasteiger partial charge in [0, 0.05) is 18.6 Å². The maximum atomic E-state index is 12.0. The van der Waals surface area contributed by atoms with E-state index in [0.717, 1.165) is 31.4 Å². The van der Waals surface area contributed by atoms with Gasteiger partial charge in [0.1, 0.15) is 28.6 Å². The fourth-order valence-electron chi connectivity index (χ4n) is 2.52. The molecule has 1 rings (SSSR count). The second-order valence-electron chi connectivity index (χ2n) is 5.87. The van der Waals surface area contributed by atoms with E-state index in [1.165, 1.54) is 25.7 Å². The molecular weight excluding hydrogens is 296 g/mol. The van der Waals surface area contributed by atoms with Crippen LogP contribution in [-0.2, 0) is 4.79 Å². The highest BCUT2D eigenvalue weighted by molar-refractivity contribution is 6.10. The molecule has 0 aromatic heterocycles. The molecule has 0 heterocycles. The number of ketones is 2. The van der Waals surface area contributed by atoms with Crippen LogP contribution in [0.1, 0.15) is 75.1 Å². The third-order valence-electron chi connectivity index (χ3n) is 3.78. The molecule has 0 spiro atoms. The molecule has 1 aromatic carbocycles. The van der Waals surface area contributed by atoms with Crippen molar-refractivity contribution in [3.63, 3.8) is 0 Å². The number of rotatable bonds is 11. The molecular formula is C18H26O5. The summed E-state index contributed by atoms with van der Waals surface area (Å²) in [5, 5.41) is 28.4. The highest BCUT2D eigenvalue weighted by Gasteiger charge is 2.20. The number of phenolic OH excluding ortho intramolecular Hbond substituents is 3. The van der Waals surface area contributed by atoms with Crippen molar-refractivity contribution in [3.8, 4) is 17.2 Å². The lowest BCUT2D eigenvalue weighted by Gasteiger charge is -2.07. The van der Waals surface area contributed by atoms with E-state index in [1.807, 2.05) is 0 Å². The Hall–Kier alpha value is -2.04. The number of hydrogen-bond acceptors (Lipinski definition) is 5. The van der Waals surface area contributed by atoms with Crippen molar-refractivity contribution in [1.29, 1.82) is 0 Å². The third-order valence-corrected chi connectivity index (χ3v) is 3.78. The van der Waals surface area contributed by atoms with Crippen LogP contribution in [-0.4, -0.2) is 26.9 Å². The zero-order valence-corrected chi connectivity index (χ0v) is 13.7. The van der Waals surface area contributed by atoms with Gasteiger partial charge in [-0.2, -0.15) is 0 Å². The lowest BCUT2D eigenvalue weighted by atomic mass is 10.0. The number of carbonyl (C=O) groups is 2. The third kappa shape index (κ3) is 6.72. The maximum Gasteiger partial charge on any atom is 0.177 e. The number of benzene rings is 1. The van der Waals surface area contributed by atoms with E-state index in [-0.39, 0.29) is 23.5 Å². The zero-order chi connectivity index (χ0) is 17.2. The maximum absolute atomic E-state index is 12.0. The van der Waals surface area contributed by atoms with Crippen LogP contribution < -0.4 is 0 Å². The zero-order valence-electron chi connectivity index (χ0n) is 13.7. The van der Waals surface area contributed by atoms with Crippen LogP contribution in [0.4, 0.5) is 0 Å². The number of Topliss-reactive ketones (excluding diaryl/α,β-unsaturated/α-hetero) is 2. The van der Waals surface area contributed by atoms with Gasteiger partial charge in [-0.1, -0.05) is 45.4 Å². The average molecular weight is 322 g/mol. The Bertz CT molecular complexity index is 513. The van der Waals surface area contributed by atoms with Gasteiger partial charge in [-0.15, -0.1) is 0 Å². The van der Waals surface area contributed by atoms with Crippen molar-refractivity contribution in [2.75, 3.05) is 0 Å². The van der Waals surface area contributed by atoms with Gasteiger partial charge < -0.3 is 15.3 Å². The molecule has 128 valence electrons. The molecule has 5 nitrogen and oxygen atoms in total. The quantitative estimate of drug-likeness (QED) is 0.324. The van der Waals surface area contributed by atoms with Crippen LogP contribution in [0.25, 0.3) is 0 Å². The summed E-state index contributed by atoms with van der Waals surface area (Å²) in [7, 11) is 0. The average Bonchev–Trinajstić information content (AvgIpc) is 2.45. The van der Waals surface area contributed by atoms with Gasteiger partial charge in [-0.3, -0.25) is 9.59 Å². The van der Waals surface area contributed by atoms with E-state index in [9.17, 15) is 24.9 Å². The van der Waals surface area contributed by atoms with Gasteiger partial charge in [0.05, 0.1) is 6.42 Å². The van der Waals surface area contributed by atoms with Gasteiger partial charge in [0.15, 0.2) is 5.78 Å². The number of unbranched alkanes of at least 4 members (excludes halogenated alkanes) is 6. The molecule has 3 N–H and O–H groups in total. The van der Waals surface area contributed by atoms with Crippen molar-refractivity contribution in [3.05, 3.63) is 17.7 Å². The van der Waals surface area contributed by atoms with Crippen molar-refractivity contribution in [1.82, 2.24) is 0 Å². The fourth-order valence-corrected chi connectivity index (χ4v) is 2.52. The number of hydrogen-bond donors (Lipinski definition) is 3. The fraction of sp³-hybridized carbons (Fsp3) is 0.556. The molecule has 5 heteroatoms. The van der Waals surface area contributed by atoms with Crippen LogP contribution in [0.3, 0.4) is 0 Å². The molecule has 0 aliphatic rings. The molecule has 0 radical (unpaired) electrons. The van der Waals surface area contributed by atoms with Crippen LogP contribution in [0, 0.1) is 0 Å². The number of phenols is 3. The summed E-state index contributed by atoms with van der Waals surface area (Å²) in [4.78, 5) is 23.8. The summed E-state index contributed by atoms with van der Waals surface area (Å²) in [6.45, 7) is 2.17. The smallest absolute Gasteiger partial charge is 0.177 e.